The number of esters is 1. The Morgan fingerprint density at radius 3 is 2.46 bits per heavy atom. The molecule has 0 saturated carbocycles. The summed E-state index contributed by atoms with van der Waals surface area (Å²) in [6, 6.07) is 9.31. The van der Waals surface area contributed by atoms with Crippen molar-refractivity contribution < 1.29 is 18.7 Å². The molecule has 0 heterocycles. The van der Waals surface area contributed by atoms with Gasteiger partial charge in [-0.05, 0) is 60.7 Å². The van der Waals surface area contributed by atoms with Crippen LogP contribution in [0.4, 0.5) is 4.39 Å². The van der Waals surface area contributed by atoms with Gasteiger partial charge in [0.15, 0.2) is 5.78 Å². The fourth-order valence-corrected chi connectivity index (χ4v) is 3.83. The number of rotatable bonds is 7. The second-order valence-electron chi connectivity index (χ2n) is 6.36. The third-order valence-electron chi connectivity index (χ3n) is 4.16. The number of hydrogen-bond donors (Lipinski definition) is 0. The highest BCUT2D eigenvalue weighted by molar-refractivity contribution is 7.99. The molecule has 0 amide bonds. The van der Waals surface area contributed by atoms with Gasteiger partial charge in [-0.1, -0.05) is 23.8 Å². The van der Waals surface area contributed by atoms with Gasteiger partial charge in [0.05, 0.1) is 12.9 Å². The molecule has 0 unspecified atom stereocenters. The largest absolute Gasteiger partial charge is 0.469 e. The van der Waals surface area contributed by atoms with Crippen LogP contribution in [0.3, 0.4) is 0 Å². The third kappa shape index (κ3) is 5.18. The summed E-state index contributed by atoms with van der Waals surface area (Å²) >= 11 is 1.47. The molecule has 5 heteroatoms. The number of Topliss-reactive ketones (excluding diaryl/α,β-unsaturated/α-hetero) is 1. The minimum atomic E-state index is -0.510. The molecule has 2 rings (SSSR count). The molecule has 0 aliphatic rings. The number of ketones is 1. The van der Waals surface area contributed by atoms with Gasteiger partial charge in [0.2, 0.25) is 0 Å². The van der Waals surface area contributed by atoms with Crippen LogP contribution in [0, 0.1) is 26.6 Å². The van der Waals surface area contributed by atoms with Crippen LogP contribution >= 0.6 is 11.8 Å². The molecule has 0 N–H and O–H groups in total. The van der Waals surface area contributed by atoms with E-state index in [-0.39, 0.29) is 23.8 Å². The Morgan fingerprint density at radius 2 is 1.81 bits per heavy atom. The van der Waals surface area contributed by atoms with Crippen molar-refractivity contribution in [3.8, 4) is 11.1 Å². The van der Waals surface area contributed by atoms with Gasteiger partial charge in [-0.3, -0.25) is 9.59 Å². The molecule has 0 aromatic heterocycles. The zero-order chi connectivity index (χ0) is 19.3. The monoisotopic (exact) mass is 374 g/mol. The molecule has 0 saturated heterocycles. The lowest BCUT2D eigenvalue weighted by Crippen LogP contribution is -2.11. The number of hydrogen-bond acceptors (Lipinski definition) is 4. The summed E-state index contributed by atoms with van der Waals surface area (Å²) in [5.41, 5.74) is 6.02. The first kappa shape index (κ1) is 20.2. The van der Waals surface area contributed by atoms with Gasteiger partial charge in [0.25, 0.3) is 0 Å². The minimum Gasteiger partial charge on any atom is -0.469 e. The van der Waals surface area contributed by atoms with Crippen LogP contribution in [0.15, 0.2) is 30.3 Å². The Morgan fingerprint density at radius 1 is 1.08 bits per heavy atom. The lowest BCUT2D eigenvalue weighted by Gasteiger charge is -2.15. The van der Waals surface area contributed by atoms with Crippen molar-refractivity contribution in [1.29, 1.82) is 0 Å². The van der Waals surface area contributed by atoms with Crippen LogP contribution in [-0.2, 0) is 20.1 Å². The third-order valence-corrected chi connectivity index (χ3v) is 5.18. The Kier molecular flexibility index (Phi) is 6.98. The van der Waals surface area contributed by atoms with Crippen molar-refractivity contribution in [2.75, 3.05) is 12.9 Å². The zero-order valence-corrected chi connectivity index (χ0v) is 16.3. The Hall–Kier alpha value is -2.14. The van der Waals surface area contributed by atoms with E-state index in [4.69, 9.17) is 0 Å². The van der Waals surface area contributed by atoms with Gasteiger partial charge in [-0.25, -0.2) is 4.39 Å². The molecule has 0 spiro atoms. The van der Waals surface area contributed by atoms with Crippen molar-refractivity contribution in [2.45, 2.75) is 32.9 Å². The second-order valence-corrected chi connectivity index (χ2v) is 7.34. The highest BCUT2D eigenvalue weighted by Crippen LogP contribution is 2.31. The van der Waals surface area contributed by atoms with E-state index >= 15 is 0 Å². The Labute approximate surface area is 157 Å². The average Bonchev–Trinajstić information content (AvgIpc) is 2.58. The maximum Gasteiger partial charge on any atom is 0.313 e. The molecule has 0 aliphatic heterocycles. The summed E-state index contributed by atoms with van der Waals surface area (Å²) in [5, 5.41) is 0. The number of ether oxygens (including phenoxy) is 1. The van der Waals surface area contributed by atoms with Crippen LogP contribution in [-0.4, -0.2) is 24.6 Å². The normalized spacial score (nSPS) is 10.7. The lowest BCUT2D eigenvalue weighted by atomic mass is 9.94. The van der Waals surface area contributed by atoms with Crippen LogP contribution in [0.1, 0.15) is 28.7 Å². The van der Waals surface area contributed by atoms with Crippen molar-refractivity contribution in [3.05, 3.63) is 58.4 Å². The minimum absolute atomic E-state index is 0.147. The molecule has 138 valence electrons. The molecule has 26 heavy (non-hydrogen) atoms. The van der Waals surface area contributed by atoms with E-state index in [0.717, 1.165) is 27.8 Å². The first-order valence-corrected chi connectivity index (χ1v) is 9.50. The van der Waals surface area contributed by atoms with Gasteiger partial charge in [0.1, 0.15) is 12.2 Å². The quantitative estimate of drug-likeness (QED) is 0.517. The van der Waals surface area contributed by atoms with Crippen molar-refractivity contribution >= 4 is 23.5 Å². The topological polar surface area (TPSA) is 43.4 Å². The Bertz CT molecular complexity index is 830. The molecular weight excluding hydrogens is 351 g/mol. The number of methoxy groups -OCH3 is 1. The molecule has 0 bridgehead atoms. The summed E-state index contributed by atoms with van der Waals surface area (Å²) in [5.74, 6) is 0.0209. The number of benzene rings is 2. The molecule has 3 nitrogen and oxygen atoms in total. The molecule has 0 radical (unpaired) electrons. The van der Waals surface area contributed by atoms with Crippen molar-refractivity contribution in [2.24, 2.45) is 0 Å². The standard InChI is InChI=1S/C21H23FO3S/c1-13-7-14(2)19(12-26-11-17(23)10-21(24)25-4)18(8-13)16-5-6-20(22)15(3)9-16/h5-9H,10-12H2,1-4H3. The van der Waals surface area contributed by atoms with Gasteiger partial charge >= 0.3 is 5.97 Å². The van der Waals surface area contributed by atoms with Gasteiger partial charge in [0, 0.05) is 5.75 Å². The summed E-state index contributed by atoms with van der Waals surface area (Å²) in [6.45, 7) is 5.82. The van der Waals surface area contributed by atoms with Crippen LogP contribution in [0.2, 0.25) is 0 Å². The predicted octanol–water partition coefficient (Wildman–Crippen LogP) is 4.78. The SMILES string of the molecule is COC(=O)CC(=O)CSCc1c(C)cc(C)cc1-c1ccc(F)c(C)c1. The molecule has 2 aromatic rings. The van der Waals surface area contributed by atoms with Crippen LogP contribution in [0.25, 0.3) is 11.1 Å². The summed E-state index contributed by atoms with van der Waals surface area (Å²) < 4.78 is 18.1. The fraction of sp³-hybridized carbons (Fsp3) is 0.333. The molecule has 0 fully saturated rings. The first-order chi connectivity index (χ1) is 12.3. The molecule has 2 aromatic carbocycles. The van der Waals surface area contributed by atoms with Gasteiger partial charge < -0.3 is 4.74 Å². The molecule has 0 atom stereocenters. The highest BCUT2D eigenvalue weighted by Gasteiger charge is 2.13. The van der Waals surface area contributed by atoms with E-state index in [1.165, 1.54) is 24.9 Å². The summed E-state index contributed by atoms with van der Waals surface area (Å²) in [7, 11) is 1.27. The smallest absolute Gasteiger partial charge is 0.313 e. The second kappa shape index (κ2) is 8.99. The number of aryl methyl sites for hydroxylation is 3. The van der Waals surface area contributed by atoms with E-state index in [9.17, 15) is 14.0 Å². The van der Waals surface area contributed by atoms with E-state index in [1.54, 1.807) is 13.0 Å². The Balaban J connectivity index is 2.21. The first-order valence-electron chi connectivity index (χ1n) is 8.34. The van der Waals surface area contributed by atoms with Crippen LogP contribution < -0.4 is 0 Å². The number of carbonyl (C=O) groups is 2. The zero-order valence-electron chi connectivity index (χ0n) is 15.5. The maximum absolute atomic E-state index is 13.6. The van der Waals surface area contributed by atoms with Crippen molar-refractivity contribution in [1.82, 2.24) is 0 Å². The van der Waals surface area contributed by atoms with Gasteiger partial charge in [-0.2, -0.15) is 0 Å². The number of halogens is 1. The van der Waals surface area contributed by atoms with Crippen LogP contribution in [0.5, 0.6) is 0 Å². The summed E-state index contributed by atoms with van der Waals surface area (Å²) in [6.07, 6.45) is -0.194. The predicted molar refractivity (Wildman–Crippen MR) is 104 cm³/mol. The average molecular weight is 374 g/mol. The number of thioether (sulfide) groups is 1. The number of carbonyl (C=O) groups excluding carboxylic acids is 2. The van der Waals surface area contributed by atoms with E-state index < -0.39 is 5.97 Å². The van der Waals surface area contributed by atoms with E-state index in [2.05, 4.69) is 16.9 Å². The van der Waals surface area contributed by atoms with Gasteiger partial charge in [-0.15, -0.1) is 11.8 Å². The highest BCUT2D eigenvalue weighted by atomic mass is 32.2. The fourth-order valence-electron chi connectivity index (χ4n) is 2.81. The maximum atomic E-state index is 13.6. The molecular formula is C21H23FO3S. The van der Waals surface area contributed by atoms with Crippen molar-refractivity contribution in [3.63, 3.8) is 0 Å². The van der Waals surface area contributed by atoms with E-state index in [0.29, 0.717) is 11.3 Å². The molecule has 0 aliphatic carbocycles. The lowest BCUT2D eigenvalue weighted by molar-refractivity contribution is -0.142. The summed E-state index contributed by atoms with van der Waals surface area (Å²) in [4.78, 5) is 23.0. The van der Waals surface area contributed by atoms with E-state index in [1.807, 2.05) is 19.9 Å².